The SMILES string of the molecule is Cc1nc(C(=O)N2CCC=C(c3c(F)cc(N4C[C@@H](C)N(C)[C@@H](C)C4)c(NC(=O)c4c[nH]c(=O)cc4C(F)(F)F)c3F)C2)cs1. The van der Waals surface area contributed by atoms with Crippen LogP contribution in [0.2, 0.25) is 0 Å². The number of piperazine rings is 1. The minimum absolute atomic E-state index is 0.0471. The van der Waals surface area contributed by atoms with E-state index in [1.54, 1.807) is 23.3 Å². The minimum atomic E-state index is -5.06. The first-order valence-corrected chi connectivity index (χ1v) is 15.0. The van der Waals surface area contributed by atoms with Gasteiger partial charge < -0.3 is 20.1 Å². The number of likely N-dealkylation sites (N-methyl/N-ethyl adjacent to an activating group) is 1. The summed E-state index contributed by atoms with van der Waals surface area (Å²) in [6.45, 7) is 6.33. The van der Waals surface area contributed by atoms with Gasteiger partial charge in [-0.2, -0.15) is 13.2 Å². The molecule has 9 nitrogen and oxygen atoms in total. The number of amides is 2. The second-order valence-electron chi connectivity index (χ2n) is 11.3. The molecular weight excluding hydrogens is 619 g/mol. The summed E-state index contributed by atoms with van der Waals surface area (Å²) in [5, 5.41) is 4.54. The average Bonchev–Trinajstić information content (AvgIpc) is 3.42. The van der Waals surface area contributed by atoms with Crippen LogP contribution in [-0.2, 0) is 6.18 Å². The van der Waals surface area contributed by atoms with Crippen LogP contribution in [0.25, 0.3) is 5.57 Å². The number of aryl methyl sites for hydroxylation is 1. The van der Waals surface area contributed by atoms with Crippen LogP contribution in [0.4, 0.5) is 33.3 Å². The van der Waals surface area contributed by atoms with E-state index in [1.165, 1.54) is 16.2 Å². The summed E-state index contributed by atoms with van der Waals surface area (Å²) in [4.78, 5) is 49.5. The normalized spacial score (nSPS) is 19.4. The van der Waals surface area contributed by atoms with Gasteiger partial charge in [0.2, 0.25) is 5.56 Å². The second-order valence-corrected chi connectivity index (χ2v) is 12.3. The summed E-state index contributed by atoms with van der Waals surface area (Å²) >= 11 is 1.29. The van der Waals surface area contributed by atoms with E-state index in [-0.39, 0.29) is 54.6 Å². The van der Waals surface area contributed by atoms with Crippen molar-refractivity contribution in [1.29, 1.82) is 0 Å². The lowest BCUT2D eigenvalue weighted by atomic mass is 9.97. The van der Waals surface area contributed by atoms with Crippen LogP contribution in [0, 0.1) is 18.6 Å². The summed E-state index contributed by atoms with van der Waals surface area (Å²) in [6, 6.07) is 1.18. The predicted molar refractivity (Wildman–Crippen MR) is 161 cm³/mol. The fourth-order valence-electron chi connectivity index (χ4n) is 5.67. The highest BCUT2D eigenvalue weighted by Crippen LogP contribution is 2.39. The number of thiazole rings is 1. The third-order valence-electron chi connectivity index (χ3n) is 8.21. The molecule has 0 radical (unpaired) electrons. The molecule has 2 aromatic heterocycles. The van der Waals surface area contributed by atoms with Crippen LogP contribution in [-0.4, -0.2) is 76.9 Å². The van der Waals surface area contributed by atoms with Gasteiger partial charge in [0, 0.05) is 62.0 Å². The van der Waals surface area contributed by atoms with E-state index in [0.717, 1.165) is 6.07 Å². The smallest absolute Gasteiger partial charge is 0.367 e. The lowest BCUT2D eigenvalue weighted by Crippen LogP contribution is -2.55. The van der Waals surface area contributed by atoms with E-state index in [9.17, 15) is 27.6 Å². The fourth-order valence-corrected chi connectivity index (χ4v) is 6.25. The summed E-state index contributed by atoms with van der Waals surface area (Å²) in [5.74, 6) is -3.90. The third kappa shape index (κ3) is 6.50. The number of carbonyl (C=O) groups excluding carboxylic acids is 2. The second kappa shape index (κ2) is 12.4. The number of aromatic amines is 1. The monoisotopic (exact) mass is 650 g/mol. The largest absolute Gasteiger partial charge is 0.417 e. The molecule has 45 heavy (non-hydrogen) atoms. The lowest BCUT2D eigenvalue weighted by molar-refractivity contribution is -0.138. The van der Waals surface area contributed by atoms with Gasteiger partial charge in [-0.15, -0.1) is 11.3 Å². The minimum Gasteiger partial charge on any atom is -0.367 e. The van der Waals surface area contributed by atoms with Gasteiger partial charge in [-0.25, -0.2) is 13.8 Å². The lowest BCUT2D eigenvalue weighted by Gasteiger charge is -2.44. The maximum atomic E-state index is 16.6. The van der Waals surface area contributed by atoms with Crippen LogP contribution in [0.5, 0.6) is 0 Å². The Labute approximate surface area is 259 Å². The molecule has 240 valence electrons. The first kappa shape index (κ1) is 32.3. The first-order chi connectivity index (χ1) is 21.1. The Hall–Kier alpha value is -4.11. The molecule has 2 atom stereocenters. The number of nitrogens with one attached hydrogen (secondary N) is 2. The standard InChI is InChI=1S/C30H31F5N6O3S/c1-15-11-41(12-16(2)39(15)4)23-9-21(31)25(18-6-5-7-40(13-18)29(44)22-14-45-17(3)37-22)26(32)27(23)38-28(43)19-10-36-24(42)8-20(19)30(33,34)35/h6,8-10,14-16H,5,7,11-13H2,1-4H3,(H,36,42)(H,38,43)/t15-,16+. The first-order valence-electron chi connectivity index (χ1n) is 14.2. The topological polar surface area (TPSA) is 102 Å². The van der Waals surface area contributed by atoms with Crippen LogP contribution < -0.4 is 15.8 Å². The number of aromatic nitrogens is 2. The third-order valence-corrected chi connectivity index (χ3v) is 8.98. The van der Waals surface area contributed by atoms with E-state index in [4.69, 9.17) is 0 Å². The van der Waals surface area contributed by atoms with Crippen molar-refractivity contribution in [2.45, 2.75) is 45.5 Å². The number of nitrogens with zero attached hydrogens (tertiary/aromatic N) is 4. The van der Waals surface area contributed by atoms with Crippen molar-refractivity contribution in [2.24, 2.45) is 0 Å². The molecule has 0 saturated carbocycles. The summed E-state index contributed by atoms with van der Waals surface area (Å²) < 4.78 is 73.9. The number of hydrogen-bond acceptors (Lipinski definition) is 7. The number of alkyl halides is 3. The molecule has 0 aliphatic carbocycles. The maximum Gasteiger partial charge on any atom is 0.417 e. The molecule has 1 saturated heterocycles. The fraction of sp³-hybridized carbons (Fsp3) is 0.400. The number of hydrogen-bond donors (Lipinski definition) is 2. The molecule has 3 aromatic rings. The number of anilines is 2. The molecule has 2 N–H and O–H groups in total. The van der Waals surface area contributed by atoms with Gasteiger partial charge in [-0.3, -0.25) is 19.3 Å². The van der Waals surface area contributed by atoms with E-state index in [2.05, 4.69) is 20.2 Å². The van der Waals surface area contributed by atoms with Gasteiger partial charge in [0.1, 0.15) is 17.2 Å². The number of H-pyrrole nitrogens is 1. The van der Waals surface area contributed by atoms with Crippen LogP contribution >= 0.6 is 11.3 Å². The van der Waals surface area contributed by atoms with Gasteiger partial charge in [-0.1, -0.05) is 6.08 Å². The van der Waals surface area contributed by atoms with E-state index >= 15 is 8.78 Å². The summed E-state index contributed by atoms with van der Waals surface area (Å²) in [7, 11) is 1.91. The molecule has 0 spiro atoms. The molecule has 4 heterocycles. The summed E-state index contributed by atoms with van der Waals surface area (Å²) in [5.41, 5.74) is -4.24. The zero-order valence-corrected chi connectivity index (χ0v) is 25.7. The maximum absolute atomic E-state index is 16.6. The van der Waals surface area contributed by atoms with Gasteiger partial charge in [-0.05, 0) is 39.8 Å². The molecule has 15 heteroatoms. The van der Waals surface area contributed by atoms with Crippen LogP contribution in [0.1, 0.15) is 57.2 Å². The highest BCUT2D eigenvalue weighted by atomic mass is 32.1. The van der Waals surface area contributed by atoms with Crippen molar-refractivity contribution >= 4 is 40.1 Å². The number of pyridine rings is 1. The predicted octanol–water partition coefficient (Wildman–Crippen LogP) is 5.15. The van der Waals surface area contributed by atoms with E-state index in [1.807, 2.05) is 20.9 Å². The van der Waals surface area contributed by atoms with E-state index < -0.39 is 57.6 Å². The van der Waals surface area contributed by atoms with Crippen LogP contribution in [0.15, 0.2) is 34.6 Å². The molecule has 0 unspecified atom stereocenters. The van der Waals surface area contributed by atoms with Crippen molar-refractivity contribution in [3.05, 3.63) is 79.2 Å². The molecule has 2 amide bonds. The Morgan fingerprint density at radius 2 is 1.82 bits per heavy atom. The van der Waals surface area contributed by atoms with Crippen molar-refractivity contribution in [1.82, 2.24) is 19.8 Å². The Morgan fingerprint density at radius 3 is 2.44 bits per heavy atom. The average molecular weight is 651 g/mol. The van der Waals surface area contributed by atoms with Crippen molar-refractivity contribution in [2.75, 3.05) is 43.4 Å². The molecule has 5 rings (SSSR count). The molecular formula is C30H31F5N6O3S. The van der Waals surface area contributed by atoms with Gasteiger partial charge >= 0.3 is 6.18 Å². The Balaban J connectivity index is 1.58. The van der Waals surface area contributed by atoms with Gasteiger partial charge in [0.15, 0.2) is 5.82 Å². The zero-order chi connectivity index (χ0) is 32.8. The number of rotatable bonds is 5. The molecule has 0 bridgehead atoms. The molecule has 1 aromatic carbocycles. The van der Waals surface area contributed by atoms with Gasteiger partial charge in [0.05, 0.1) is 27.4 Å². The van der Waals surface area contributed by atoms with Crippen molar-refractivity contribution in [3.63, 3.8) is 0 Å². The Bertz CT molecular complexity index is 1720. The van der Waals surface area contributed by atoms with Crippen molar-refractivity contribution < 1.29 is 31.5 Å². The molecule has 2 aliphatic rings. The quantitative estimate of drug-likeness (QED) is 0.371. The van der Waals surface area contributed by atoms with E-state index in [0.29, 0.717) is 24.3 Å². The Morgan fingerprint density at radius 1 is 1.13 bits per heavy atom. The van der Waals surface area contributed by atoms with Crippen LogP contribution in [0.3, 0.4) is 0 Å². The Kier molecular flexibility index (Phi) is 8.86. The van der Waals surface area contributed by atoms with Crippen molar-refractivity contribution in [3.8, 4) is 0 Å². The highest BCUT2D eigenvalue weighted by Gasteiger charge is 2.37. The molecule has 2 aliphatic heterocycles. The molecule has 1 fully saturated rings. The zero-order valence-electron chi connectivity index (χ0n) is 24.9. The van der Waals surface area contributed by atoms with Gasteiger partial charge in [0.25, 0.3) is 11.8 Å². The highest BCUT2D eigenvalue weighted by molar-refractivity contribution is 7.09. The number of halogens is 5. The summed E-state index contributed by atoms with van der Waals surface area (Å²) in [6.07, 6.45) is -2.58. The number of carbonyl (C=O) groups is 2. The number of benzene rings is 1.